The number of unbranched alkanes of at least 4 members (excludes halogenated alkanes) is 9. The largest absolute Gasteiger partial charge is 0.481 e. The zero-order chi connectivity index (χ0) is 16.8. The number of carbonyl (C=O) groups is 1. The van der Waals surface area contributed by atoms with E-state index >= 15 is 0 Å². The highest BCUT2D eigenvalue weighted by Gasteiger charge is 2.00. The Kier molecular flexibility index (Phi) is 11.8. The average Bonchev–Trinajstić information content (AvgIpc) is 2.53. The maximum atomic E-state index is 10.6. The molecule has 0 unspecified atom stereocenters. The van der Waals surface area contributed by atoms with Gasteiger partial charge in [0.1, 0.15) is 0 Å². The number of thioether (sulfide) groups is 1. The predicted octanol–water partition coefficient (Wildman–Crippen LogP) is 6.33. The first-order valence-corrected chi connectivity index (χ1v) is 10.1. The van der Waals surface area contributed by atoms with Crippen LogP contribution in [-0.2, 0) is 11.2 Å². The van der Waals surface area contributed by atoms with E-state index in [9.17, 15) is 4.79 Å². The molecular formula is C20H32O2S. The van der Waals surface area contributed by atoms with Crippen molar-refractivity contribution in [2.24, 2.45) is 0 Å². The minimum atomic E-state index is -0.768. The Morgan fingerprint density at radius 2 is 1.39 bits per heavy atom. The van der Waals surface area contributed by atoms with Gasteiger partial charge >= 0.3 is 5.97 Å². The van der Waals surface area contributed by atoms with Gasteiger partial charge in [0, 0.05) is 4.90 Å². The Bertz CT molecular complexity index is 414. The number of hydrogen-bond donors (Lipinski definition) is 1. The minimum absolute atomic E-state index is 0.114. The molecule has 1 N–H and O–H groups in total. The summed E-state index contributed by atoms with van der Waals surface area (Å²) in [5, 5.41) is 8.75. The third-order valence-corrected chi connectivity index (χ3v) is 5.14. The van der Waals surface area contributed by atoms with Crippen molar-refractivity contribution in [1.82, 2.24) is 0 Å². The summed E-state index contributed by atoms with van der Waals surface area (Å²) in [5.41, 5.74) is 0.876. The van der Waals surface area contributed by atoms with Crippen LogP contribution in [0.15, 0.2) is 29.2 Å². The van der Waals surface area contributed by atoms with Gasteiger partial charge in [0.25, 0.3) is 0 Å². The van der Waals surface area contributed by atoms with Crippen LogP contribution in [0.25, 0.3) is 0 Å². The molecule has 0 aliphatic heterocycles. The fourth-order valence-electron chi connectivity index (χ4n) is 2.66. The number of carboxylic acid groups (broad SMARTS) is 1. The first-order chi connectivity index (χ1) is 11.2. The maximum absolute atomic E-state index is 10.6. The zero-order valence-corrected chi connectivity index (χ0v) is 15.4. The summed E-state index contributed by atoms with van der Waals surface area (Å²) in [6, 6.07) is 7.93. The molecule has 0 radical (unpaired) electrons. The highest BCUT2D eigenvalue weighted by Crippen LogP contribution is 2.21. The maximum Gasteiger partial charge on any atom is 0.307 e. The number of aliphatic carboxylic acids is 1. The summed E-state index contributed by atoms with van der Waals surface area (Å²) in [4.78, 5) is 11.9. The molecule has 0 aliphatic carbocycles. The van der Waals surface area contributed by atoms with Crippen molar-refractivity contribution in [3.8, 4) is 0 Å². The second-order valence-electron chi connectivity index (χ2n) is 6.24. The van der Waals surface area contributed by atoms with Crippen molar-refractivity contribution >= 4 is 17.7 Å². The SMILES string of the molecule is CCCCCCCCCCCCSc1ccc(CC(=O)O)cc1. The monoisotopic (exact) mass is 336 g/mol. The molecule has 0 atom stereocenters. The molecule has 0 heterocycles. The van der Waals surface area contributed by atoms with E-state index in [1.165, 1.54) is 69.1 Å². The molecule has 0 saturated carbocycles. The number of rotatable bonds is 14. The fraction of sp³-hybridized carbons (Fsp3) is 0.650. The molecule has 0 aliphatic rings. The molecular weight excluding hydrogens is 304 g/mol. The van der Waals surface area contributed by atoms with E-state index in [2.05, 4.69) is 6.92 Å². The van der Waals surface area contributed by atoms with Crippen LogP contribution in [0.2, 0.25) is 0 Å². The van der Waals surface area contributed by atoms with Gasteiger partial charge in [-0.15, -0.1) is 11.8 Å². The van der Waals surface area contributed by atoms with Gasteiger partial charge in [-0.2, -0.15) is 0 Å². The molecule has 2 nitrogen and oxygen atoms in total. The third kappa shape index (κ3) is 11.2. The van der Waals surface area contributed by atoms with Crippen LogP contribution < -0.4 is 0 Å². The molecule has 0 bridgehead atoms. The van der Waals surface area contributed by atoms with Crippen molar-refractivity contribution in [2.75, 3.05) is 5.75 Å². The normalized spacial score (nSPS) is 10.8. The Hall–Kier alpha value is -0.960. The summed E-state index contributed by atoms with van der Waals surface area (Å²) in [6.07, 6.45) is 13.9. The molecule has 1 aromatic carbocycles. The Morgan fingerprint density at radius 1 is 0.870 bits per heavy atom. The van der Waals surface area contributed by atoms with Gasteiger partial charge in [-0.1, -0.05) is 76.8 Å². The molecule has 0 fully saturated rings. The Balaban J connectivity index is 1.95. The number of hydrogen-bond acceptors (Lipinski definition) is 2. The quantitative estimate of drug-likeness (QED) is 0.319. The van der Waals surface area contributed by atoms with Crippen LogP contribution in [0.1, 0.15) is 76.7 Å². The van der Waals surface area contributed by atoms with Crippen molar-refractivity contribution in [3.05, 3.63) is 29.8 Å². The van der Waals surface area contributed by atoms with Crippen LogP contribution in [0, 0.1) is 0 Å². The third-order valence-electron chi connectivity index (χ3n) is 4.05. The van der Waals surface area contributed by atoms with Gasteiger partial charge in [-0.25, -0.2) is 0 Å². The van der Waals surface area contributed by atoms with Crippen molar-refractivity contribution < 1.29 is 9.90 Å². The molecule has 0 amide bonds. The topological polar surface area (TPSA) is 37.3 Å². The fourth-order valence-corrected chi connectivity index (χ4v) is 3.57. The van der Waals surface area contributed by atoms with Gasteiger partial charge in [-0.3, -0.25) is 4.79 Å². The van der Waals surface area contributed by atoms with Crippen LogP contribution in [-0.4, -0.2) is 16.8 Å². The predicted molar refractivity (Wildman–Crippen MR) is 100 cm³/mol. The lowest BCUT2D eigenvalue weighted by Gasteiger charge is -2.04. The van der Waals surface area contributed by atoms with E-state index in [0.29, 0.717) is 0 Å². The van der Waals surface area contributed by atoms with E-state index < -0.39 is 5.97 Å². The Labute approximate surface area is 146 Å². The van der Waals surface area contributed by atoms with Crippen LogP contribution >= 0.6 is 11.8 Å². The van der Waals surface area contributed by atoms with Gasteiger partial charge in [0.15, 0.2) is 0 Å². The molecule has 0 saturated heterocycles. The van der Waals surface area contributed by atoms with Gasteiger partial charge in [-0.05, 0) is 29.9 Å². The standard InChI is InChI=1S/C20H32O2S/c1-2-3-4-5-6-7-8-9-10-11-16-23-19-14-12-18(13-15-19)17-20(21)22/h12-15H,2-11,16-17H2,1H3,(H,21,22). The zero-order valence-electron chi connectivity index (χ0n) is 14.6. The molecule has 0 aromatic heterocycles. The lowest BCUT2D eigenvalue weighted by atomic mass is 10.1. The first-order valence-electron chi connectivity index (χ1n) is 9.16. The van der Waals surface area contributed by atoms with Crippen LogP contribution in [0.5, 0.6) is 0 Å². The molecule has 0 spiro atoms. The second kappa shape index (κ2) is 13.5. The van der Waals surface area contributed by atoms with E-state index in [-0.39, 0.29) is 6.42 Å². The molecule has 23 heavy (non-hydrogen) atoms. The summed E-state index contributed by atoms with van der Waals surface area (Å²) in [7, 11) is 0. The van der Waals surface area contributed by atoms with Gasteiger partial charge in [0.2, 0.25) is 0 Å². The number of carboxylic acids is 1. The van der Waals surface area contributed by atoms with E-state index in [0.717, 1.165) is 11.3 Å². The van der Waals surface area contributed by atoms with E-state index in [1.54, 1.807) is 0 Å². The number of benzene rings is 1. The summed E-state index contributed by atoms with van der Waals surface area (Å²) in [5.74, 6) is 0.394. The highest BCUT2D eigenvalue weighted by molar-refractivity contribution is 7.99. The first kappa shape index (κ1) is 20.1. The van der Waals surface area contributed by atoms with Crippen LogP contribution in [0.3, 0.4) is 0 Å². The van der Waals surface area contributed by atoms with E-state index in [1.807, 2.05) is 36.0 Å². The molecule has 3 heteroatoms. The molecule has 130 valence electrons. The van der Waals surface area contributed by atoms with Crippen molar-refractivity contribution in [2.45, 2.75) is 82.4 Å². The molecule has 1 aromatic rings. The molecule has 1 rings (SSSR count). The van der Waals surface area contributed by atoms with Gasteiger partial charge < -0.3 is 5.11 Å². The summed E-state index contributed by atoms with van der Waals surface area (Å²) >= 11 is 1.88. The van der Waals surface area contributed by atoms with Crippen molar-refractivity contribution in [1.29, 1.82) is 0 Å². The van der Waals surface area contributed by atoms with E-state index in [4.69, 9.17) is 5.11 Å². The highest BCUT2D eigenvalue weighted by atomic mass is 32.2. The second-order valence-corrected chi connectivity index (χ2v) is 7.41. The lowest BCUT2D eigenvalue weighted by Crippen LogP contribution is -1.99. The average molecular weight is 337 g/mol. The smallest absolute Gasteiger partial charge is 0.307 e. The summed E-state index contributed by atoms with van der Waals surface area (Å²) < 4.78 is 0. The lowest BCUT2D eigenvalue weighted by molar-refractivity contribution is -0.136. The minimum Gasteiger partial charge on any atom is -0.481 e. The Morgan fingerprint density at radius 3 is 1.91 bits per heavy atom. The van der Waals surface area contributed by atoms with Gasteiger partial charge in [0.05, 0.1) is 6.42 Å². The summed E-state index contributed by atoms with van der Waals surface area (Å²) in [6.45, 7) is 2.27. The van der Waals surface area contributed by atoms with Crippen LogP contribution in [0.4, 0.5) is 0 Å². The van der Waals surface area contributed by atoms with Crippen molar-refractivity contribution in [3.63, 3.8) is 0 Å².